The van der Waals surface area contributed by atoms with Gasteiger partial charge in [0, 0.05) is 23.4 Å². The van der Waals surface area contributed by atoms with Crippen LogP contribution in [0.1, 0.15) is 11.5 Å². The van der Waals surface area contributed by atoms with Crippen molar-refractivity contribution < 1.29 is 27.1 Å². The highest BCUT2D eigenvalue weighted by Gasteiger charge is 2.39. The highest BCUT2D eigenvalue weighted by atomic mass is 19.4. The minimum absolute atomic E-state index is 0.00565. The van der Waals surface area contributed by atoms with E-state index >= 15 is 0 Å². The molecule has 0 N–H and O–H groups in total. The molecule has 4 rings (SSSR count). The quantitative estimate of drug-likeness (QED) is 0.378. The van der Waals surface area contributed by atoms with Crippen molar-refractivity contribution in [3.05, 3.63) is 84.4 Å². The molecule has 0 bridgehead atoms. The van der Waals surface area contributed by atoms with Crippen molar-refractivity contribution in [2.75, 3.05) is 7.11 Å². The number of oxazole rings is 1. The van der Waals surface area contributed by atoms with Gasteiger partial charge in [0.15, 0.2) is 5.76 Å². The molecule has 0 fully saturated rings. The van der Waals surface area contributed by atoms with Crippen molar-refractivity contribution in [2.45, 2.75) is 12.8 Å². The molecule has 2 heterocycles. The van der Waals surface area contributed by atoms with E-state index in [0.29, 0.717) is 29.4 Å². The van der Waals surface area contributed by atoms with Gasteiger partial charge in [0.25, 0.3) is 0 Å². The summed E-state index contributed by atoms with van der Waals surface area (Å²) in [5.41, 5.74) is 1.85. The van der Waals surface area contributed by atoms with E-state index in [1.807, 2.05) is 30.3 Å². The van der Waals surface area contributed by atoms with Crippen LogP contribution in [-0.4, -0.2) is 17.1 Å². The molecule has 0 unspecified atom stereocenters. The first-order valence-corrected chi connectivity index (χ1v) is 9.29. The number of nitrogens with zero attached hydrogens (tertiary/aromatic N) is 2. The molecule has 0 amide bonds. The first kappa shape index (κ1) is 20.5. The molecule has 0 radical (unpaired) electrons. The number of hydrogen-bond donors (Lipinski definition) is 0. The van der Waals surface area contributed by atoms with Crippen LogP contribution < -0.4 is 9.47 Å². The maximum Gasteiger partial charge on any atom is 0.468 e. The maximum atomic E-state index is 13.2. The van der Waals surface area contributed by atoms with Crippen LogP contribution in [0, 0.1) is 0 Å². The van der Waals surface area contributed by atoms with Gasteiger partial charge in [0.1, 0.15) is 18.1 Å². The number of rotatable bonds is 6. The highest BCUT2D eigenvalue weighted by molar-refractivity contribution is 5.76. The molecule has 0 saturated heterocycles. The fourth-order valence-corrected chi connectivity index (χ4v) is 2.92. The molecule has 5 nitrogen and oxygen atoms in total. The summed E-state index contributed by atoms with van der Waals surface area (Å²) in [6, 6.07) is 19.3. The second-order valence-electron chi connectivity index (χ2n) is 6.58. The summed E-state index contributed by atoms with van der Waals surface area (Å²) < 4.78 is 55.6. The first-order valence-electron chi connectivity index (χ1n) is 9.29. The van der Waals surface area contributed by atoms with Gasteiger partial charge in [-0.15, -0.1) is 0 Å². The van der Waals surface area contributed by atoms with Gasteiger partial charge >= 0.3 is 12.1 Å². The third-order valence-electron chi connectivity index (χ3n) is 4.45. The molecule has 0 aliphatic heterocycles. The summed E-state index contributed by atoms with van der Waals surface area (Å²) in [4.78, 5) is 7.72. The van der Waals surface area contributed by atoms with Crippen LogP contribution in [0.2, 0.25) is 0 Å². The van der Waals surface area contributed by atoms with Gasteiger partial charge in [-0.05, 0) is 35.9 Å². The Bertz CT molecular complexity index is 1140. The third kappa shape index (κ3) is 4.69. The second-order valence-corrected chi connectivity index (χ2v) is 6.58. The molecule has 0 aliphatic carbocycles. The zero-order valence-corrected chi connectivity index (χ0v) is 16.4. The first-order chi connectivity index (χ1) is 14.9. The Morgan fingerprint density at radius 3 is 2.23 bits per heavy atom. The van der Waals surface area contributed by atoms with Crippen molar-refractivity contribution in [1.29, 1.82) is 0 Å². The van der Waals surface area contributed by atoms with Gasteiger partial charge in [0.2, 0.25) is 5.88 Å². The number of alkyl halides is 3. The van der Waals surface area contributed by atoms with Crippen LogP contribution in [-0.2, 0) is 12.8 Å². The summed E-state index contributed by atoms with van der Waals surface area (Å²) in [5.74, 6) is -0.410. The summed E-state index contributed by atoms with van der Waals surface area (Å²) in [6.45, 7) is 0.378. The smallest absolute Gasteiger partial charge is 0.468 e. The zero-order valence-electron chi connectivity index (χ0n) is 16.4. The summed E-state index contributed by atoms with van der Waals surface area (Å²) in [6.07, 6.45) is -3.33. The van der Waals surface area contributed by atoms with E-state index in [4.69, 9.17) is 13.9 Å². The average Bonchev–Trinajstić information content (AvgIpc) is 3.25. The zero-order chi connectivity index (χ0) is 21.8. The van der Waals surface area contributed by atoms with Gasteiger partial charge in [0.05, 0.1) is 7.11 Å². The molecule has 0 atom stereocenters. The Labute approximate surface area is 176 Å². The van der Waals surface area contributed by atoms with Crippen LogP contribution in [0.25, 0.3) is 22.6 Å². The van der Waals surface area contributed by atoms with E-state index in [0.717, 1.165) is 5.56 Å². The summed E-state index contributed by atoms with van der Waals surface area (Å²) in [7, 11) is 1.45. The second kappa shape index (κ2) is 8.51. The number of halogens is 3. The molecule has 2 aromatic heterocycles. The molecule has 158 valence electrons. The topological polar surface area (TPSA) is 57.4 Å². The van der Waals surface area contributed by atoms with E-state index in [9.17, 15) is 13.2 Å². The molecule has 2 aromatic carbocycles. The van der Waals surface area contributed by atoms with Crippen LogP contribution in [0.4, 0.5) is 13.2 Å². The molecule has 0 saturated carbocycles. The molecule has 0 aliphatic rings. The lowest BCUT2D eigenvalue weighted by Gasteiger charge is -2.07. The fraction of sp³-hybridized carbons (Fsp3) is 0.130. The number of pyridine rings is 1. The predicted octanol–water partition coefficient (Wildman–Crippen LogP) is 6.01. The van der Waals surface area contributed by atoms with Crippen molar-refractivity contribution in [3.8, 4) is 34.2 Å². The Morgan fingerprint density at radius 1 is 0.903 bits per heavy atom. The van der Waals surface area contributed by atoms with Crippen molar-refractivity contribution in [2.24, 2.45) is 0 Å². The summed E-state index contributed by atoms with van der Waals surface area (Å²) >= 11 is 0. The molecule has 31 heavy (non-hydrogen) atoms. The predicted molar refractivity (Wildman–Crippen MR) is 107 cm³/mol. The minimum Gasteiger partial charge on any atom is -0.489 e. The number of methoxy groups -OCH3 is 1. The van der Waals surface area contributed by atoms with Crippen molar-refractivity contribution in [1.82, 2.24) is 9.97 Å². The van der Waals surface area contributed by atoms with Crippen molar-refractivity contribution >= 4 is 0 Å². The van der Waals surface area contributed by atoms with Gasteiger partial charge < -0.3 is 13.9 Å². The van der Waals surface area contributed by atoms with Crippen LogP contribution >= 0.6 is 0 Å². The Morgan fingerprint density at radius 2 is 1.61 bits per heavy atom. The lowest BCUT2D eigenvalue weighted by atomic mass is 10.1. The van der Waals surface area contributed by atoms with E-state index in [2.05, 4.69) is 9.97 Å². The lowest BCUT2D eigenvalue weighted by Crippen LogP contribution is -2.04. The normalized spacial score (nSPS) is 11.4. The van der Waals surface area contributed by atoms with Crippen LogP contribution in [0.3, 0.4) is 0 Å². The lowest BCUT2D eigenvalue weighted by molar-refractivity contribution is -0.156. The van der Waals surface area contributed by atoms with E-state index in [1.165, 1.54) is 13.3 Å². The standard InChI is InChI=1S/C23H17F3N2O3/c1-29-19-12-9-17(13-27-19)20-21(31-22(28-20)23(24,25)26)16-7-10-18(11-8-16)30-14-15-5-3-2-4-6-15/h2-13H,14H2,1H3. The van der Waals surface area contributed by atoms with Gasteiger partial charge in [-0.3, -0.25) is 0 Å². The van der Waals surface area contributed by atoms with Crippen LogP contribution in [0.15, 0.2) is 77.3 Å². The molecule has 0 spiro atoms. The molecule has 8 heteroatoms. The molecule has 4 aromatic rings. The van der Waals surface area contributed by atoms with Gasteiger partial charge in [-0.25, -0.2) is 9.97 Å². The molecular formula is C23H17F3N2O3. The monoisotopic (exact) mass is 426 g/mol. The number of ether oxygens (including phenoxy) is 2. The third-order valence-corrected chi connectivity index (χ3v) is 4.45. The van der Waals surface area contributed by atoms with E-state index in [1.54, 1.807) is 36.4 Å². The number of benzene rings is 2. The van der Waals surface area contributed by atoms with Gasteiger partial charge in [-0.2, -0.15) is 13.2 Å². The Kier molecular flexibility index (Phi) is 5.62. The van der Waals surface area contributed by atoms with E-state index < -0.39 is 12.1 Å². The fourth-order valence-electron chi connectivity index (χ4n) is 2.92. The summed E-state index contributed by atoms with van der Waals surface area (Å²) in [5, 5.41) is 0. The van der Waals surface area contributed by atoms with Gasteiger partial charge in [-0.1, -0.05) is 30.3 Å². The van der Waals surface area contributed by atoms with Crippen LogP contribution in [0.5, 0.6) is 11.6 Å². The Balaban J connectivity index is 1.63. The average molecular weight is 426 g/mol. The number of hydrogen-bond acceptors (Lipinski definition) is 5. The number of aromatic nitrogens is 2. The minimum atomic E-state index is -4.72. The SMILES string of the molecule is COc1ccc(-c2nc(C(F)(F)F)oc2-c2ccc(OCc3ccccc3)cc2)cn1. The van der Waals surface area contributed by atoms with E-state index in [-0.39, 0.29) is 11.5 Å². The maximum absolute atomic E-state index is 13.2. The largest absolute Gasteiger partial charge is 0.489 e. The highest BCUT2D eigenvalue weighted by Crippen LogP contribution is 2.38. The Hall–Kier alpha value is -3.81. The molecular weight excluding hydrogens is 409 g/mol. The van der Waals surface area contributed by atoms with Crippen molar-refractivity contribution in [3.63, 3.8) is 0 Å².